The van der Waals surface area contributed by atoms with E-state index in [9.17, 15) is 9.59 Å². The predicted molar refractivity (Wildman–Crippen MR) is 111 cm³/mol. The van der Waals surface area contributed by atoms with Gasteiger partial charge in [-0.2, -0.15) is 11.3 Å². The normalized spacial score (nSPS) is 14.9. The molecule has 3 aromatic rings. The summed E-state index contributed by atoms with van der Waals surface area (Å²) in [6.07, 6.45) is 2.97. The Balaban J connectivity index is 1.36. The fraction of sp³-hybridized carbons (Fsp3) is 0.318. The molecule has 3 heterocycles. The summed E-state index contributed by atoms with van der Waals surface area (Å²) in [5.41, 5.74) is 2.78. The Labute approximate surface area is 168 Å². The van der Waals surface area contributed by atoms with Gasteiger partial charge in [-0.05, 0) is 36.3 Å². The van der Waals surface area contributed by atoms with Gasteiger partial charge in [-0.1, -0.05) is 30.3 Å². The van der Waals surface area contributed by atoms with Gasteiger partial charge in [-0.15, -0.1) is 0 Å². The molecule has 6 heteroatoms. The molecule has 0 bridgehead atoms. The van der Waals surface area contributed by atoms with Crippen molar-refractivity contribution in [1.82, 2.24) is 14.9 Å². The van der Waals surface area contributed by atoms with Crippen molar-refractivity contribution in [2.24, 2.45) is 0 Å². The average Bonchev–Trinajstić information content (AvgIpc) is 3.27. The standard InChI is InChI=1S/C22H23N3O2S/c26-20-14-19(18-10-13-28-15-18)23-22(24-20)17-8-11-25(12-9-17)21(27)7-6-16-4-2-1-3-5-16/h1-5,10,13-15,17H,6-9,11-12H2,(H,23,24,26). The molecular formula is C22H23N3O2S. The van der Waals surface area contributed by atoms with E-state index in [0.717, 1.165) is 36.3 Å². The number of aryl methyl sites for hydroxylation is 1. The van der Waals surface area contributed by atoms with Gasteiger partial charge in [-0.3, -0.25) is 9.59 Å². The Morgan fingerprint density at radius 1 is 1.18 bits per heavy atom. The fourth-order valence-corrected chi connectivity index (χ4v) is 4.33. The molecule has 0 radical (unpaired) electrons. The Morgan fingerprint density at radius 2 is 1.96 bits per heavy atom. The minimum Gasteiger partial charge on any atom is -0.343 e. The van der Waals surface area contributed by atoms with E-state index in [1.807, 2.05) is 39.9 Å². The van der Waals surface area contributed by atoms with Crippen LogP contribution in [0.2, 0.25) is 0 Å². The molecule has 0 aliphatic carbocycles. The molecule has 0 spiro atoms. The van der Waals surface area contributed by atoms with Gasteiger partial charge in [0.15, 0.2) is 0 Å². The number of H-pyrrole nitrogens is 1. The largest absolute Gasteiger partial charge is 0.343 e. The van der Waals surface area contributed by atoms with E-state index in [4.69, 9.17) is 4.98 Å². The van der Waals surface area contributed by atoms with E-state index >= 15 is 0 Å². The smallest absolute Gasteiger partial charge is 0.251 e. The van der Waals surface area contributed by atoms with Crippen LogP contribution in [0.1, 0.15) is 36.6 Å². The lowest BCUT2D eigenvalue weighted by Gasteiger charge is -2.31. The van der Waals surface area contributed by atoms with Gasteiger partial charge in [0, 0.05) is 42.4 Å². The van der Waals surface area contributed by atoms with Crippen LogP contribution in [0, 0.1) is 0 Å². The predicted octanol–water partition coefficient (Wildman–Crippen LogP) is 3.84. The highest BCUT2D eigenvalue weighted by atomic mass is 32.1. The van der Waals surface area contributed by atoms with Crippen LogP contribution in [-0.4, -0.2) is 33.9 Å². The zero-order valence-electron chi connectivity index (χ0n) is 15.6. The van der Waals surface area contributed by atoms with Crippen LogP contribution in [0.25, 0.3) is 11.3 Å². The van der Waals surface area contributed by atoms with Crippen LogP contribution >= 0.6 is 11.3 Å². The van der Waals surface area contributed by atoms with Crippen molar-refractivity contribution in [2.45, 2.75) is 31.6 Å². The minimum atomic E-state index is -0.118. The number of benzene rings is 1. The molecule has 0 saturated carbocycles. The van der Waals surface area contributed by atoms with E-state index in [1.54, 1.807) is 17.4 Å². The quantitative estimate of drug-likeness (QED) is 0.716. The molecule has 28 heavy (non-hydrogen) atoms. The lowest BCUT2D eigenvalue weighted by molar-refractivity contribution is -0.132. The molecule has 1 fully saturated rings. The summed E-state index contributed by atoms with van der Waals surface area (Å²) in [7, 11) is 0. The topological polar surface area (TPSA) is 66.1 Å². The van der Waals surface area contributed by atoms with E-state index in [1.165, 1.54) is 5.56 Å². The van der Waals surface area contributed by atoms with E-state index < -0.39 is 0 Å². The van der Waals surface area contributed by atoms with Gasteiger partial charge in [0.1, 0.15) is 5.82 Å². The molecule has 1 aliphatic heterocycles. The highest BCUT2D eigenvalue weighted by molar-refractivity contribution is 7.08. The number of carbonyl (C=O) groups excluding carboxylic acids is 1. The Morgan fingerprint density at radius 3 is 2.68 bits per heavy atom. The molecule has 1 aliphatic rings. The minimum absolute atomic E-state index is 0.118. The second-order valence-corrected chi connectivity index (χ2v) is 7.95. The number of nitrogens with one attached hydrogen (secondary N) is 1. The van der Waals surface area contributed by atoms with Crippen molar-refractivity contribution in [3.63, 3.8) is 0 Å². The number of hydrogen-bond donors (Lipinski definition) is 1. The maximum absolute atomic E-state index is 12.5. The number of nitrogens with zero attached hydrogens (tertiary/aromatic N) is 2. The second-order valence-electron chi connectivity index (χ2n) is 7.17. The second kappa shape index (κ2) is 8.52. The SMILES string of the molecule is O=C(CCc1ccccc1)N1CCC(c2nc(-c3ccsc3)cc(=O)[nH]2)CC1. The number of likely N-dealkylation sites (tertiary alicyclic amines) is 1. The molecule has 1 aromatic carbocycles. The Kier molecular flexibility index (Phi) is 5.67. The first-order valence-electron chi connectivity index (χ1n) is 9.64. The summed E-state index contributed by atoms with van der Waals surface area (Å²) in [6, 6.07) is 13.6. The molecule has 5 nitrogen and oxygen atoms in total. The molecular weight excluding hydrogens is 370 g/mol. The molecule has 0 unspecified atom stereocenters. The zero-order valence-corrected chi connectivity index (χ0v) is 16.5. The fourth-order valence-electron chi connectivity index (χ4n) is 3.68. The Bertz CT molecular complexity index is 975. The van der Waals surface area contributed by atoms with Gasteiger partial charge < -0.3 is 9.88 Å². The molecule has 2 aromatic heterocycles. The van der Waals surface area contributed by atoms with Crippen molar-refractivity contribution in [1.29, 1.82) is 0 Å². The maximum Gasteiger partial charge on any atom is 0.251 e. The van der Waals surface area contributed by atoms with Crippen LogP contribution < -0.4 is 5.56 Å². The number of carbonyl (C=O) groups is 1. The number of aromatic nitrogens is 2. The van der Waals surface area contributed by atoms with Gasteiger partial charge in [0.2, 0.25) is 5.91 Å². The lowest BCUT2D eigenvalue weighted by Crippen LogP contribution is -2.38. The number of thiophene rings is 1. The van der Waals surface area contributed by atoms with Gasteiger partial charge in [0.05, 0.1) is 5.69 Å². The van der Waals surface area contributed by atoms with Crippen LogP contribution in [0.15, 0.2) is 58.0 Å². The number of amides is 1. The molecule has 4 rings (SSSR count). The number of hydrogen-bond acceptors (Lipinski definition) is 4. The summed E-state index contributed by atoms with van der Waals surface area (Å²) in [5.74, 6) is 1.13. The number of rotatable bonds is 5. The Hall–Kier alpha value is -2.73. The summed E-state index contributed by atoms with van der Waals surface area (Å²) in [4.78, 5) is 34.2. The van der Waals surface area contributed by atoms with Gasteiger partial charge >= 0.3 is 0 Å². The van der Waals surface area contributed by atoms with Crippen LogP contribution in [0.5, 0.6) is 0 Å². The first-order valence-corrected chi connectivity index (χ1v) is 10.6. The van der Waals surface area contributed by atoms with Gasteiger partial charge in [-0.25, -0.2) is 4.98 Å². The summed E-state index contributed by atoms with van der Waals surface area (Å²) >= 11 is 1.59. The summed E-state index contributed by atoms with van der Waals surface area (Å²) < 4.78 is 0. The molecule has 0 atom stereocenters. The van der Waals surface area contributed by atoms with Crippen LogP contribution in [0.4, 0.5) is 0 Å². The van der Waals surface area contributed by atoms with Crippen LogP contribution in [-0.2, 0) is 11.2 Å². The molecule has 144 valence electrons. The third kappa shape index (κ3) is 4.39. The summed E-state index contributed by atoms with van der Waals surface area (Å²) in [5, 5.41) is 3.98. The monoisotopic (exact) mass is 393 g/mol. The third-order valence-electron chi connectivity index (χ3n) is 5.28. The average molecular weight is 394 g/mol. The maximum atomic E-state index is 12.5. The van der Waals surface area contributed by atoms with Gasteiger partial charge in [0.25, 0.3) is 5.56 Å². The van der Waals surface area contributed by atoms with Crippen molar-refractivity contribution >= 4 is 17.2 Å². The van der Waals surface area contributed by atoms with Crippen molar-refractivity contribution in [3.8, 4) is 11.3 Å². The highest BCUT2D eigenvalue weighted by Crippen LogP contribution is 2.27. The summed E-state index contributed by atoms with van der Waals surface area (Å²) in [6.45, 7) is 1.43. The van der Waals surface area contributed by atoms with Crippen molar-refractivity contribution in [3.05, 3.63) is 75.0 Å². The van der Waals surface area contributed by atoms with E-state index in [2.05, 4.69) is 17.1 Å². The first kappa shape index (κ1) is 18.6. The van der Waals surface area contributed by atoms with E-state index in [0.29, 0.717) is 19.5 Å². The van der Waals surface area contributed by atoms with Crippen LogP contribution in [0.3, 0.4) is 0 Å². The molecule has 1 amide bonds. The number of piperidine rings is 1. The molecule has 1 N–H and O–H groups in total. The van der Waals surface area contributed by atoms with Crippen molar-refractivity contribution in [2.75, 3.05) is 13.1 Å². The highest BCUT2D eigenvalue weighted by Gasteiger charge is 2.25. The van der Waals surface area contributed by atoms with Crippen molar-refractivity contribution < 1.29 is 4.79 Å². The number of aromatic amines is 1. The lowest BCUT2D eigenvalue weighted by atomic mass is 9.95. The third-order valence-corrected chi connectivity index (χ3v) is 5.96. The van der Waals surface area contributed by atoms with E-state index in [-0.39, 0.29) is 17.4 Å². The first-order chi connectivity index (χ1) is 13.7. The zero-order chi connectivity index (χ0) is 19.3. The molecule has 1 saturated heterocycles.